The summed E-state index contributed by atoms with van der Waals surface area (Å²) >= 11 is 0. The monoisotopic (exact) mass is 196 g/mol. The van der Waals surface area contributed by atoms with Gasteiger partial charge in [-0.2, -0.15) is 0 Å². The van der Waals surface area contributed by atoms with Crippen molar-refractivity contribution in [1.82, 2.24) is 4.90 Å². The Balaban J connectivity index is 2.35. The maximum atomic E-state index is 5.50. The highest BCUT2D eigenvalue weighted by atomic mass is 16.3. The Morgan fingerprint density at radius 3 is 2.86 bits per heavy atom. The molecule has 3 nitrogen and oxygen atoms in total. The molecule has 14 heavy (non-hydrogen) atoms. The molecule has 0 atom stereocenters. The molecule has 1 aromatic rings. The van der Waals surface area contributed by atoms with Crippen LogP contribution in [0.2, 0.25) is 0 Å². The third kappa shape index (κ3) is 3.52. The van der Waals surface area contributed by atoms with E-state index in [4.69, 9.17) is 10.2 Å². The first-order valence-electron chi connectivity index (χ1n) is 5.21. The zero-order valence-corrected chi connectivity index (χ0v) is 9.12. The first kappa shape index (κ1) is 11.3. The van der Waals surface area contributed by atoms with Gasteiger partial charge in [0.15, 0.2) is 0 Å². The molecule has 0 radical (unpaired) electrons. The van der Waals surface area contributed by atoms with Crippen molar-refractivity contribution in [3.8, 4) is 0 Å². The number of hydrogen-bond donors (Lipinski definition) is 1. The quantitative estimate of drug-likeness (QED) is 0.756. The van der Waals surface area contributed by atoms with Crippen LogP contribution in [0.25, 0.3) is 0 Å². The number of unbranched alkanes of at least 4 members (excludes halogenated alkanes) is 1. The van der Waals surface area contributed by atoms with Crippen molar-refractivity contribution in [2.24, 2.45) is 5.73 Å². The normalized spacial score (nSPS) is 11.1. The van der Waals surface area contributed by atoms with E-state index in [2.05, 4.69) is 18.9 Å². The molecule has 0 fully saturated rings. The van der Waals surface area contributed by atoms with Gasteiger partial charge in [0.25, 0.3) is 0 Å². The van der Waals surface area contributed by atoms with Crippen molar-refractivity contribution < 1.29 is 4.42 Å². The van der Waals surface area contributed by atoms with Gasteiger partial charge < -0.3 is 10.2 Å². The maximum Gasteiger partial charge on any atom is 0.118 e. The van der Waals surface area contributed by atoms with Crippen LogP contribution in [-0.2, 0) is 13.1 Å². The number of rotatable bonds is 6. The first-order valence-corrected chi connectivity index (χ1v) is 5.21. The molecule has 0 saturated carbocycles. The SMILES string of the molecule is CCCCN(C)Cc1cc(CN)co1. The maximum absolute atomic E-state index is 5.50. The van der Waals surface area contributed by atoms with E-state index in [1.54, 1.807) is 6.26 Å². The largest absolute Gasteiger partial charge is 0.468 e. The molecule has 80 valence electrons. The lowest BCUT2D eigenvalue weighted by Crippen LogP contribution is -2.18. The predicted octanol–water partition coefficient (Wildman–Crippen LogP) is 1.97. The Morgan fingerprint density at radius 2 is 2.29 bits per heavy atom. The lowest BCUT2D eigenvalue weighted by molar-refractivity contribution is 0.290. The van der Waals surface area contributed by atoms with Crippen molar-refractivity contribution in [1.29, 1.82) is 0 Å². The number of nitrogens with zero attached hydrogens (tertiary/aromatic N) is 1. The lowest BCUT2D eigenvalue weighted by atomic mass is 10.3. The fraction of sp³-hybridized carbons (Fsp3) is 0.636. The highest BCUT2D eigenvalue weighted by Gasteiger charge is 2.03. The molecular formula is C11H20N2O. The fourth-order valence-corrected chi connectivity index (χ4v) is 1.39. The fourth-order valence-electron chi connectivity index (χ4n) is 1.39. The summed E-state index contributed by atoms with van der Waals surface area (Å²) < 4.78 is 5.38. The van der Waals surface area contributed by atoms with Crippen LogP contribution in [0.4, 0.5) is 0 Å². The zero-order chi connectivity index (χ0) is 10.4. The van der Waals surface area contributed by atoms with Gasteiger partial charge in [-0.25, -0.2) is 0 Å². The van der Waals surface area contributed by atoms with Crippen LogP contribution >= 0.6 is 0 Å². The molecule has 0 spiro atoms. The summed E-state index contributed by atoms with van der Waals surface area (Å²) in [5.41, 5.74) is 6.57. The Kier molecular flexibility index (Phi) is 4.70. The summed E-state index contributed by atoms with van der Waals surface area (Å²) in [6.07, 6.45) is 4.21. The van der Waals surface area contributed by atoms with E-state index in [-0.39, 0.29) is 0 Å². The van der Waals surface area contributed by atoms with E-state index in [0.29, 0.717) is 6.54 Å². The third-order valence-corrected chi connectivity index (χ3v) is 2.26. The Labute approximate surface area is 85.9 Å². The highest BCUT2D eigenvalue weighted by molar-refractivity contribution is 5.12. The molecule has 2 N–H and O–H groups in total. The van der Waals surface area contributed by atoms with Crippen LogP contribution in [0.3, 0.4) is 0 Å². The van der Waals surface area contributed by atoms with Gasteiger partial charge in [-0.05, 0) is 26.1 Å². The molecular weight excluding hydrogens is 176 g/mol. The van der Waals surface area contributed by atoms with Gasteiger partial charge in [-0.15, -0.1) is 0 Å². The predicted molar refractivity (Wildman–Crippen MR) is 57.8 cm³/mol. The second-order valence-corrected chi connectivity index (χ2v) is 3.72. The molecule has 1 heterocycles. The van der Waals surface area contributed by atoms with Gasteiger partial charge in [0.05, 0.1) is 12.8 Å². The second-order valence-electron chi connectivity index (χ2n) is 3.72. The molecule has 1 rings (SSSR count). The number of hydrogen-bond acceptors (Lipinski definition) is 3. The van der Waals surface area contributed by atoms with Gasteiger partial charge in [0, 0.05) is 12.1 Å². The molecule has 0 bridgehead atoms. The molecule has 0 amide bonds. The summed E-state index contributed by atoms with van der Waals surface area (Å²) in [6.45, 7) is 4.75. The van der Waals surface area contributed by atoms with E-state index >= 15 is 0 Å². The molecule has 0 aliphatic heterocycles. The van der Waals surface area contributed by atoms with Gasteiger partial charge in [-0.3, -0.25) is 4.90 Å². The van der Waals surface area contributed by atoms with Gasteiger partial charge in [0.1, 0.15) is 5.76 Å². The van der Waals surface area contributed by atoms with Crippen molar-refractivity contribution in [3.05, 3.63) is 23.7 Å². The molecule has 0 aliphatic rings. The van der Waals surface area contributed by atoms with E-state index in [1.807, 2.05) is 6.07 Å². The summed E-state index contributed by atoms with van der Waals surface area (Å²) in [4.78, 5) is 2.27. The van der Waals surface area contributed by atoms with Gasteiger partial charge >= 0.3 is 0 Å². The van der Waals surface area contributed by atoms with Gasteiger partial charge in [-0.1, -0.05) is 13.3 Å². The second kappa shape index (κ2) is 5.83. The van der Waals surface area contributed by atoms with E-state index in [9.17, 15) is 0 Å². The third-order valence-electron chi connectivity index (χ3n) is 2.26. The topological polar surface area (TPSA) is 42.4 Å². The molecule has 0 saturated heterocycles. The van der Waals surface area contributed by atoms with Crippen LogP contribution in [-0.4, -0.2) is 18.5 Å². The number of nitrogens with two attached hydrogens (primary N) is 1. The first-order chi connectivity index (χ1) is 6.76. The van der Waals surface area contributed by atoms with Crippen molar-refractivity contribution in [3.63, 3.8) is 0 Å². The lowest BCUT2D eigenvalue weighted by Gasteiger charge is -2.13. The van der Waals surface area contributed by atoms with Gasteiger partial charge in [0.2, 0.25) is 0 Å². The van der Waals surface area contributed by atoms with Crippen molar-refractivity contribution in [2.45, 2.75) is 32.9 Å². The van der Waals surface area contributed by atoms with Crippen LogP contribution in [0.1, 0.15) is 31.1 Å². The van der Waals surface area contributed by atoms with E-state index in [0.717, 1.165) is 24.4 Å². The average Bonchev–Trinajstić information content (AvgIpc) is 2.62. The molecule has 0 aliphatic carbocycles. The van der Waals surface area contributed by atoms with Crippen molar-refractivity contribution >= 4 is 0 Å². The summed E-state index contributed by atoms with van der Waals surface area (Å²) in [7, 11) is 2.11. The minimum atomic E-state index is 0.558. The smallest absolute Gasteiger partial charge is 0.118 e. The van der Waals surface area contributed by atoms with E-state index < -0.39 is 0 Å². The summed E-state index contributed by atoms with van der Waals surface area (Å²) in [6, 6.07) is 2.03. The van der Waals surface area contributed by atoms with Crippen molar-refractivity contribution in [2.75, 3.05) is 13.6 Å². The van der Waals surface area contributed by atoms with Crippen LogP contribution < -0.4 is 5.73 Å². The molecule has 1 aromatic heterocycles. The summed E-state index contributed by atoms with van der Waals surface area (Å²) in [5, 5.41) is 0. The minimum absolute atomic E-state index is 0.558. The number of furan rings is 1. The Hall–Kier alpha value is -0.800. The summed E-state index contributed by atoms with van der Waals surface area (Å²) in [5.74, 6) is 1.00. The molecule has 0 unspecified atom stereocenters. The van der Waals surface area contributed by atoms with E-state index in [1.165, 1.54) is 12.8 Å². The van der Waals surface area contributed by atoms with Crippen LogP contribution in [0.15, 0.2) is 16.7 Å². The Morgan fingerprint density at radius 1 is 1.50 bits per heavy atom. The zero-order valence-electron chi connectivity index (χ0n) is 9.12. The van der Waals surface area contributed by atoms with Crippen LogP contribution in [0.5, 0.6) is 0 Å². The van der Waals surface area contributed by atoms with Crippen LogP contribution in [0, 0.1) is 0 Å². The molecule has 3 heteroatoms. The standard InChI is InChI=1S/C11H20N2O/c1-3-4-5-13(2)8-11-6-10(7-12)9-14-11/h6,9H,3-5,7-8,12H2,1-2H3. The highest BCUT2D eigenvalue weighted by Crippen LogP contribution is 2.09. The average molecular weight is 196 g/mol. The molecule has 0 aromatic carbocycles. The minimum Gasteiger partial charge on any atom is -0.468 e. The Bertz CT molecular complexity index is 258.